The highest BCUT2D eigenvalue weighted by Gasteiger charge is 2.30. The number of rotatable bonds is 14. The maximum absolute atomic E-state index is 12.9. The molecule has 184 valence electrons. The Hall–Kier alpha value is -3.18. The van der Waals surface area contributed by atoms with Crippen LogP contribution in [0.25, 0.3) is 0 Å². The van der Waals surface area contributed by atoms with E-state index in [1.807, 2.05) is 0 Å². The molecule has 0 aliphatic heterocycles. The zero-order valence-corrected chi connectivity index (χ0v) is 19.0. The van der Waals surface area contributed by atoms with E-state index in [1.54, 1.807) is 26.0 Å². The van der Waals surface area contributed by atoms with E-state index in [0.717, 1.165) is 5.56 Å². The van der Waals surface area contributed by atoms with Gasteiger partial charge in [0.25, 0.3) is 0 Å². The summed E-state index contributed by atoms with van der Waals surface area (Å²) in [5.41, 5.74) is 12.2. The summed E-state index contributed by atoms with van der Waals surface area (Å²) in [6.07, 6.45) is 1.67. The summed E-state index contributed by atoms with van der Waals surface area (Å²) in [6, 6.07) is 3.44. The maximum atomic E-state index is 12.9. The largest absolute Gasteiger partial charge is 0.508 e. The molecule has 11 nitrogen and oxygen atoms in total. The van der Waals surface area contributed by atoms with Crippen molar-refractivity contribution in [3.63, 3.8) is 0 Å². The molecule has 9 N–H and O–H groups in total. The summed E-state index contributed by atoms with van der Waals surface area (Å²) in [5.74, 6) is -3.14. The molecule has 0 radical (unpaired) electrons. The smallest absolute Gasteiger partial charge is 0.322 e. The first-order chi connectivity index (χ1) is 15.5. The van der Waals surface area contributed by atoms with Gasteiger partial charge in [0.1, 0.15) is 24.4 Å². The van der Waals surface area contributed by atoms with Crippen LogP contribution in [0.4, 0.5) is 0 Å². The first kappa shape index (κ1) is 27.9. The van der Waals surface area contributed by atoms with Crippen LogP contribution in [0.2, 0.25) is 0 Å². The van der Waals surface area contributed by atoms with E-state index in [1.165, 1.54) is 12.1 Å². The number of nitrogens with one attached hydrogen (secondary N) is 3. The molecule has 0 fully saturated rings. The summed E-state index contributed by atoms with van der Waals surface area (Å²) in [4.78, 5) is 48.7. The van der Waals surface area contributed by atoms with Crippen molar-refractivity contribution in [1.29, 1.82) is 0 Å². The summed E-state index contributed by atoms with van der Waals surface area (Å²) < 4.78 is 0. The Labute approximate surface area is 193 Å². The van der Waals surface area contributed by atoms with Gasteiger partial charge in [0, 0.05) is 0 Å². The number of hydrogen-bond acceptors (Lipinski definition) is 7. The van der Waals surface area contributed by atoms with Crippen LogP contribution < -0.4 is 27.4 Å². The van der Waals surface area contributed by atoms with Crippen molar-refractivity contribution in [3.05, 3.63) is 29.8 Å². The first-order valence-corrected chi connectivity index (χ1v) is 10.9. The van der Waals surface area contributed by atoms with E-state index in [4.69, 9.17) is 16.6 Å². The zero-order chi connectivity index (χ0) is 25.0. The number of amides is 3. The first-order valence-electron chi connectivity index (χ1n) is 10.9. The Kier molecular flexibility index (Phi) is 11.9. The number of unbranched alkanes of at least 4 members (excludes halogenated alkanes) is 1. The SMILES string of the molecule is CC(C)C(NC(=O)C(N)Cc1ccc(O)cc1)C(=O)NC(CCCCN)C(=O)NCC(=O)O. The van der Waals surface area contributed by atoms with Gasteiger partial charge < -0.3 is 37.6 Å². The van der Waals surface area contributed by atoms with Crippen LogP contribution in [0.5, 0.6) is 5.75 Å². The molecule has 3 atom stereocenters. The van der Waals surface area contributed by atoms with Crippen LogP contribution in [0, 0.1) is 5.92 Å². The van der Waals surface area contributed by atoms with Crippen molar-refractivity contribution in [2.75, 3.05) is 13.1 Å². The highest BCUT2D eigenvalue weighted by molar-refractivity contribution is 5.93. The molecule has 11 heteroatoms. The molecule has 0 aromatic heterocycles. The van der Waals surface area contributed by atoms with Crippen LogP contribution in [0.15, 0.2) is 24.3 Å². The van der Waals surface area contributed by atoms with Crippen molar-refractivity contribution in [2.24, 2.45) is 17.4 Å². The van der Waals surface area contributed by atoms with Crippen molar-refractivity contribution in [2.45, 2.75) is 57.7 Å². The number of hydrogen-bond donors (Lipinski definition) is 7. The van der Waals surface area contributed by atoms with E-state index < -0.39 is 48.4 Å². The molecule has 0 saturated carbocycles. The number of carboxylic acid groups (broad SMARTS) is 1. The Balaban J connectivity index is 2.81. The van der Waals surface area contributed by atoms with E-state index in [0.29, 0.717) is 19.4 Å². The van der Waals surface area contributed by atoms with Gasteiger partial charge in [-0.05, 0) is 55.8 Å². The second-order valence-electron chi connectivity index (χ2n) is 8.16. The van der Waals surface area contributed by atoms with Crippen molar-refractivity contribution >= 4 is 23.7 Å². The molecular weight excluding hydrogens is 430 g/mol. The molecule has 1 aromatic carbocycles. The lowest BCUT2D eigenvalue weighted by atomic mass is 10.00. The second-order valence-corrected chi connectivity index (χ2v) is 8.16. The fourth-order valence-electron chi connectivity index (χ4n) is 3.08. The van der Waals surface area contributed by atoms with Gasteiger partial charge in [-0.25, -0.2) is 0 Å². The average Bonchev–Trinajstić information content (AvgIpc) is 2.76. The highest BCUT2D eigenvalue weighted by Crippen LogP contribution is 2.11. The minimum atomic E-state index is -1.20. The van der Waals surface area contributed by atoms with Crippen LogP contribution >= 0.6 is 0 Å². The van der Waals surface area contributed by atoms with Gasteiger partial charge >= 0.3 is 5.97 Å². The molecule has 0 aliphatic rings. The molecule has 33 heavy (non-hydrogen) atoms. The van der Waals surface area contributed by atoms with E-state index in [2.05, 4.69) is 16.0 Å². The van der Waals surface area contributed by atoms with Gasteiger partial charge in [0.2, 0.25) is 17.7 Å². The minimum absolute atomic E-state index is 0.0988. The molecular formula is C22H35N5O6. The Morgan fingerprint density at radius 2 is 1.61 bits per heavy atom. The third-order valence-corrected chi connectivity index (χ3v) is 4.97. The van der Waals surface area contributed by atoms with Gasteiger partial charge in [0.05, 0.1) is 6.04 Å². The van der Waals surface area contributed by atoms with Crippen LogP contribution in [0.3, 0.4) is 0 Å². The lowest BCUT2D eigenvalue weighted by molar-refractivity contribution is -0.138. The minimum Gasteiger partial charge on any atom is -0.508 e. The molecule has 3 unspecified atom stereocenters. The predicted octanol–water partition coefficient (Wildman–Crippen LogP) is -0.783. The number of carbonyl (C=O) groups is 4. The molecule has 0 aliphatic carbocycles. The number of nitrogens with two attached hydrogens (primary N) is 2. The quantitative estimate of drug-likeness (QED) is 0.174. The Bertz CT molecular complexity index is 799. The number of benzene rings is 1. The average molecular weight is 466 g/mol. The van der Waals surface area contributed by atoms with Gasteiger partial charge in [-0.3, -0.25) is 19.2 Å². The third-order valence-electron chi connectivity index (χ3n) is 4.97. The standard InChI is InChI=1S/C22H35N5O6/c1-13(2)19(27-20(31)16(24)11-14-6-8-15(28)9-7-14)22(33)26-17(5-3-4-10-23)21(32)25-12-18(29)30/h6-9,13,16-17,19,28H,3-5,10-12,23-24H2,1-2H3,(H,25,32)(H,26,33)(H,27,31)(H,29,30). The second kappa shape index (κ2) is 14.1. The van der Waals surface area contributed by atoms with E-state index in [-0.39, 0.29) is 24.5 Å². The predicted molar refractivity (Wildman–Crippen MR) is 122 cm³/mol. The summed E-state index contributed by atoms with van der Waals surface area (Å²) in [7, 11) is 0. The third kappa shape index (κ3) is 10.3. The summed E-state index contributed by atoms with van der Waals surface area (Å²) in [6.45, 7) is 3.33. The number of aliphatic carboxylic acids is 1. The lowest BCUT2D eigenvalue weighted by Gasteiger charge is -2.26. The molecule has 3 amide bonds. The number of carbonyl (C=O) groups excluding carboxylic acids is 3. The van der Waals surface area contributed by atoms with Gasteiger partial charge in [0.15, 0.2) is 0 Å². The normalized spacial score (nSPS) is 13.6. The van der Waals surface area contributed by atoms with Crippen molar-refractivity contribution in [3.8, 4) is 5.75 Å². The number of carboxylic acids is 1. The van der Waals surface area contributed by atoms with Crippen LogP contribution in [0.1, 0.15) is 38.7 Å². The fraction of sp³-hybridized carbons (Fsp3) is 0.545. The van der Waals surface area contributed by atoms with Crippen molar-refractivity contribution in [1.82, 2.24) is 16.0 Å². The van der Waals surface area contributed by atoms with Gasteiger partial charge in [-0.2, -0.15) is 0 Å². The molecule has 0 bridgehead atoms. The van der Waals surface area contributed by atoms with Gasteiger partial charge in [-0.15, -0.1) is 0 Å². The van der Waals surface area contributed by atoms with E-state index >= 15 is 0 Å². The molecule has 1 rings (SSSR count). The fourth-order valence-corrected chi connectivity index (χ4v) is 3.08. The Morgan fingerprint density at radius 3 is 2.15 bits per heavy atom. The highest BCUT2D eigenvalue weighted by atomic mass is 16.4. The number of phenolic OH excluding ortho intramolecular Hbond substituents is 1. The molecule has 0 spiro atoms. The van der Waals surface area contributed by atoms with Gasteiger partial charge in [-0.1, -0.05) is 26.0 Å². The zero-order valence-electron chi connectivity index (χ0n) is 19.0. The van der Waals surface area contributed by atoms with Crippen LogP contribution in [-0.4, -0.2) is 65.1 Å². The number of aromatic hydroxyl groups is 1. The summed E-state index contributed by atoms with van der Waals surface area (Å²) in [5, 5.41) is 25.7. The topological polar surface area (TPSA) is 197 Å². The summed E-state index contributed by atoms with van der Waals surface area (Å²) >= 11 is 0. The van der Waals surface area contributed by atoms with Crippen molar-refractivity contribution < 1.29 is 29.4 Å². The lowest BCUT2D eigenvalue weighted by Crippen LogP contribution is -2.57. The maximum Gasteiger partial charge on any atom is 0.322 e. The monoisotopic (exact) mass is 465 g/mol. The Morgan fingerprint density at radius 1 is 0.970 bits per heavy atom. The van der Waals surface area contributed by atoms with E-state index in [9.17, 15) is 24.3 Å². The molecule has 0 saturated heterocycles. The van der Waals surface area contributed by atoms with Crippen LogP contribution in [-0.2, 0) is 25.6 Å². The number of phenols is 1. The molecule has 0 heterocycles. The molecule has 1 aromatic rings.